The molecule has 5 atom stereocenters. The highest BCUT2D eigenvalue weighted by atomic mass is 31.2. The van der Waals surface area contributed by atoms with Crippen molar-refractivity contribution in [3.05, 3.63) is 142 Å². The molecule has 0 aromatic heterocycles. The molecule has 0 aliphatic carbocycles. The maximum absolute atomic E-state index is 16.2. The van der Waals surface area contributed by atoms with Crippen LogP contribution in [0.2, 0.25) is 18.1 Å². The van der Waals surface area contributed by atoms with Crippen LogP contribution in [-0.4, -0.2) is 77.4 Å². The molecule has 338 valence electrons. The monoisotopic (exact) mass is 892 g/mol. The van der Waals surface area contributed by atoms with Gasteiger partial charge in [-0.25, -0.2) is 20.0 Å². The van der Waals surface area contributed by atoms with Gasteiger partial charge in [0.1, 0.15) is 59.8 Å². The van der Waals surface area contributed by atoms with Gasteiger partial charge < -0.3 is 37.3 Å². The number of benzene rings is 4. The number of rotatable bonds is 19. The maximum atomic E-state index is 16.2. The zero-order chi connectivity index (χ0) is 44.7. The fourth-order valence-corrected chi connectivity index (χ4v) is 10.5. The Morgan fingerprint density at radius 3 is 1.82 bits per heavy atom. The van der Waals surface area contributed by atoms with Gasteiger partial charge in [0.25, 0.3) is 8.53 Å². The summed E-state index contributed by atoms with van der Waals surface area (Å²) < 4.78 is 79.9. The number of methoxy groups -OCH3 is 2. The van der Waals surface area contributed by atoms with E-state index in [2.05, 4.69) is 71.1 Å². The van der Waals surface area contributed by atoms with Crippen molar-refractivity contribution in [3.8, 4) is 11.5 Å². The molecule has 1 heterocycles. The Morgan fingerprint density at radius 1 is 0.806 bits per heavy atom. The van der Waals surface area contributed by atoms with Gasteiger partial charge in [0.05, 0.1) is 20.8 Å². The molecule has 0 saturated carbocycles. The summed E-state index contributed by atoms with van der Waals surface area (Å²) in [7, 11) is -1.23. The van der Waals surface area contributed by atoms with Gasteiger partial charge in [-0.1, -0.05) is 82.8 Å². The SMILES string of the molecule is C.[C-]#[N+]CCOP(OC1[C@@H](COC(c2ccccc2)(c2ccc(OC)cc2)c2ccc(OC)cc2)O[C@@H](c2cc(C)c(F)cc2F)[C@H]1O[Si](C)(C)C(C)(C)C)N(C(C)C)C(C)C. The third-order valence-electron chi connectivity index (χ3n) is 11.6. The van der Waals surface area contributed by atoms with E-state index < -0.39 is 58.5 Å². The molecule has 0 bridgehead atoms. The quantitative estimate of drug-likeness (QED) is 0.0303. The standard InChI is InChI=1S/C48H63F2N2O7PSi.CH4/c1-32(2)52(33(3)4)60(56-28-27-51-9)58-45-43(57-44(40-29-34(5)41(49)30-42(40)50)46(45)59-61(12,13)47(6,7)8)31-55-48(35-17-15-14-16-18-35,36-19-23-38(53-10)24-20-36)37-21-25-39(54-11)26-22-37;/h14-26,29-30,32-33,43-46H,27-28,31H2,1-8,10-13H3;1H4/t43-,44+,45?,46-,60?;/m1./s1. The highest BCUT2D eigenvalue weighted by molar-refractivity contribution is 7.44. The summed E-state index contributed by atoms with van der Waals surface area (Å²) in [6.45, 7) is 28.3. The molecule has 1 fully saturated rings. The van der Waals surface area contributed by atoms with Crippen LogP contribution in [0.1, 0.15) is 89.8 Å². The van der Waals surface area contributed by atoms with E-state index in [0.29, 0.717) is 11.5 Å². The number of hydrogen-bond acceptors (Lipinski definition) is 8. The predicted octanol–water partition coefficient (Wildman–Crippen LogP) is 12.4. The summed E-state index contributed by atoms with van der Waals surface area (Å²) in [5, 5.41) is -0.252. The van der Waals surface area contributed by atoms with Gasteiger partial charge in [-0.15, -0.1) is 0 Å². The van der Waals surface area contributed by atoms with Crippen LogP contribution >= 0.6 is 8.53 Å². The van der Waals surface area contributed by atoms with Gasteiger partial charge in [-0.2, -0.15) is 0 Å². The summed E-state index contributed by atoms with van der Waals surface area (Å²) in [6.07, 6.45) is -3.60. The molecular weight excluding hydrogens is 826 g/mol. The Labute approximate surface area is 371 Å². The summed E-state index contributed by atoms with van der Waals surface area (Å²) in [5.74, 6) is -0.0235. The molecule has 5 rings (SSSR count). The fourth-order valence-electron chi connectivity index (χ4n) is 7.46. The van der Waals surface area contributed by atoms with E-state index in [1.54, 1.807) is 21.1 Å². The highest BCUT2D eigenvalue weighted by Crippen LogP contribution is 2.53. The van der Waals surface area contributed by atoms with Crippen LogP contribution in [-0.2, 0) is 28.5 Å². The number of nitrogens with zero attached hydrogens (tertiary/aromatic N) is 2. The average molecular weight is 893 g/mol. The van der Waals surface area contributed by atoms with Crippen LogP contribution in [0.3, 0.4) is 0 Å². The summed E-state index contributed by atoms with van der Waals surface area (Å²) in [5.41, 5.74) is 1.73. The van der Waals surface area contributed by atoms with Crippen molar-refractivity contribution < 1.29 is 41.2 Å². The van der Waals surface area contributed by atoms with Crippen molar-refractivity contribution in [2.45, 2.75) is 123 Å². The van der Waals surface area contributed by atoms with Gasteiger partial charge in [-0.3, -0.25) is 0 Å². The molecule has 1 saturated heterocycles. The first-order chi connectivity index (χ1) is 28.9. The molecule has 2 unspecified atom stereocenters. The molecule has 13 heteroatoms. The number of aryl methyl sites for hydroxylation is 1. The van der Waals surface area contributed by atoms with Gasteiger partial charge >= 0.3 is 0 Å². The molecule has 9 nitrogen and oxygen atoms in total. The van der Waals surface area contributed by atoms with E-state index in [9.17, 15) is 4.39 Å². The Morgan fingerprint density at radius 2 is 1.34 bits per heavy atom. The van der Waals surface area contributed by atoms with Gasteiger partial charge in [0.15, 0.2) is 8.32 Å². The van der Waals surface area contributed by atoms with Crippen molar-refractivity contribution >= 4 is 16.8 Å². The minimum absolute atomic E-state index is 0. The largest absolute Gasteiger partial charge is 0.497 e. The molecule has 62 heavy (non-hydrogen) atoms. The van der Waals surface area contributed by atoms with Crippen LogP contribution in [0.25, 0.3) is 4.85 Å². The Bertz CT molecular complexity index is 2000. The molecule has 1 aliphatic heterocycles. The number of ether oxygens (including phenoxy) is 4. The first-order valence-corrected chi connectivity index (χ1v) is 24.9. The van der Waals surface area contributed by atoms with E-state index in [1.165, 1.54) is 6.07 Å². The minimum atomic E-state index is -2.65. The molecular formula is C49H67F2N2O7PSi. The van der Waals surface area contributed by atoms with Crippen molar-refractivity contribution in [1.29, 1.82) is 0 Å². The third-order valence-corrected chi connectivity index (χ3v) is 18.2. The Kier molecular flexibility index (Phi) is 17.8. The lowest BCUT2D eigenvalue weighted by Gasteiger charge is -2.42. The maximum Gasteiger partial charge on any atom is 0.259 e. The Balaban J connectivity index is 0.00000845. The van der Waals surface area contributed by atoms with Crippen LogP contribution in [0.15, 0.2) is 91.0 Å². The van der Waals surface area contributed by atoms with E-state index in [1.807, 2.05) is 78.9 Å². The molecule has 0 spiro atoms. The van der Waals surface area contributed by atoms with E-state index >= 15 is 4.39 Å². The fraction of sp³-hybridized carbons (Fsp3) is 0.490. The van der Waals surface area contributed by atoms with Crippen molar-refractivity contribution in [2.24, 2.45) is 0 Å². The lowest BCUT2D eigenvalue weighted by molar-refractivity contribution is -0.0810. The topological polar surface area (TPSA) is 72.2 Å². The van der Waals surface area contributed by atoms with Gasteiger partial charge in [0, 0.05) is 23.7 Å². The van der Waals surface area contributed by atoms with E-state index in [4.69, 9.17) is 39.0 Å². The molecule has 0 N–H and O–H groups in total. The second-order valence-electron chi connectivity index (χ2n) is 17.5. The normalized spacial score (nSPS) is 18.8. The van der Waals surface area contributed by atoms with Crippen LogP contribution in [0.4, 0.5) is 8.78 Å². The number of halogens is 2. The molecule has 4 aromatic rings. The van der Waals surface area contributed by atoms with Gasteiger partial charge in [0.2, 0.25) is 6.54 Å². The van der Waals surface area contributed by atoms with Crippen molar-refractivity contribution in [3.63, 3.8) is 0 Å². The second-order valence-corrected chi connectivity index (χ2v) is 23.6. The second kappa shape index (κ2) is 21.7. The van der Waals surface area contributed by atoms with E-state index in [-0.39, 0.29) is 55.4 Å². The first kappa shape index (κ1) is 50.9. The third kappa shape index (κ3) is 11.3. The molecule has 4 aromatic carbocycles. The molecule has 0 radical (unpaired) electrons. The smallest absolute Gasteiger partial charge is 0.259 e. The van der Waals surface area contributed by atoms with Crippen LogP contribution in [0, 0.1) is 25.1 Å². The Hall–Kier alpha value is -3.76. The summed E-state index contributed by atoms with van der Waals surface area (Å²) in [4.78, 5) is 3.54. The van der Waals surface area contributed by atoms with E-state index in [0.717, 1.165) is 22.8 Å². The average Bonchev–Trinajstić information content (AvgIpc) is 3.54. The first-order valence-electron chi connectivity index (χ1n) is 20.9. The van der Waals surface area contributed by atoms with Gasteiger partial charge in [-0.05, 0) is 105 Å². The van der Waals surface area contributed by atoms with Crippen LogP contribution in [0.5, 0.6) is 11.5 Å². The van der Waals surface area contributed by atoms with Crippen molar-refractivity contribution in [1.82, 2.24) is 4.67 Å². The summed E-state index contributed by atoms with van der Waals surface area (Å²) in [6, 6.07) is 27.9. The lowest BCUT2D eigenvalue weighted by Crippen LogP contribution is -2.49. The van der Waals surface area contributed by atoms with Crippen LogP contribution < -0.4 is 9.47 Å². The minimum Gasteiger partial charge on any atom is -0.497 e. The zero-order valence-electron chi connectivity index (χ0n) is 37.7. The highest BCUT2D eigenvalue weighted by Gasteiger charge is 2.54. The summed E-state index contributed by atoms with van der Waals surface area (Å²) >= 11 is 0. The lowest BCUT2D eigenvalue weighted by atomic mass is 9.80. The number of hydrogen-bond donors (Lipinski definition) is 0. The molecule has 0 amide bonds. The van der Waals surface area contributed by atoms with Crippen molar-refractivity contribution in [2.75, 3.05) is 34.0 Å². The zero-order valence-corrected chi connectivity index (χ0v) is 39.6. The predicted molar refractivity (Wildman–Crippen MR) is 247 cm³/mol. The molecule has 1 aliphatic rings.